The van der Waals surface area contributed by atoms with Crippen molar-refractivity contribution in [3.63, 3.8) is 0 Å². The van der Waals surface area contributed by atoms with E-state index in [1.165, 1.54) is 5.56 Å². The van der Waals surface area contributed by atoms with Crippen LogP contribution >= 0.6 is 0 Å². The summed E-state index contributed by atoms with van der Waals surface area (Å²) in [5.41, 5.74) is 3.62. The van der Waals surface area contributed by atoms with E-state index in [2.05, 4.69) is 30.4 Å². The maximum absolute atomic E-state index is 5.89. The van der Waals surface area contributed by atoms with Gasteiger partial charge in [0.15, 0.2) is 0 Å². The number of rotatable bonds is 3. The fraction of sp³-hybridized carbons (Fsp3) is 0.375. The number of hydrogen-bond acceptors (Lipinski definition) is 3. The zero-order valence-corrected chi connectivity index (χ0v) is 11.4. The number of nitrogens with one attached hydrogen (secondary N) is 1. The smallest absolute Gasteiger partial charge is 0.128 e. The molecule has 2 aromatic rings. The molecule has 1 aliphatic heterocycles. The van der Waals surface area contributed by atoms with E-state index in [9.17, 15) is 0 Å². The Bertz CT molecular complexity index is 574. The highest BCUT2D eigenvalue weighted by Crippen LogP contribution is 2.36. The van der Waals surface area contributed by atoms with Crippen LogP contribution in [0.3, 0.4) is 0 Å². The highest BCUT2D eigenvalue weighted by Gasteiger charge is 2.24. The summed E-state index contributed by atoms with van der Waals surface area (Å²) in [7, 11) is 1.95. The van der Waals surface area contributed by atoms with Crippen molar-refractivity contribution < 1.29 is 9.15 Å². The number of furan rings is 1. The summed E-state index contributed by atoms with van der Waals surface area (Å²) >= 11 is 0. The number of hydrogen-bond donors (Lipinski definition) is 1. The van der Waals surface area contributed by atoms with Crippen LogP contribution in [0.15, 0.2) is 34.9 Å². The topological polar surface area (TPSA) is 34.4 Å². The SMILES string of the molecule is CNC(c1cccc2c1OCCC2)c1occc1C. The molecule has 1 aromatic heterocycles. The minimum atomic E-state index is 0.0445. The fourth-order valence-electron chi connectivity index (χ4n) is 2.75. The Balaban J connectivity index is 2.07. The lowest BCUT2D eigenvalue weighted by Crippen LogP contribution is -2.21. The maximum Gasteiger partial charge on any atom is 0.128 e. The van der Waals surface area contributed by atoms with Gasteiger partial charge in [-0.25, -0.2) is 0 Å². The first-order chi connectivity index (χ1) is 9.31. The number of ether oxygens (including phenoxy) is 1. The van der Waals surface area contributed by atoms with E-state index in [1.54, 1.807) is 6.26 Å². The second-order valence-corrected chi connectivity index (χ2v) is 4.98. The van der Waals surface area contributed by atoms with Gasteiger partial charge in [-0.15, -0.1) is 0 Å². The zero-order chi connectivity index (χ0) is 13.2. The number of fused-ring (bicyclic) bond motifs is 1. The normalized spacial score (nSPS) is 15.7. The molecule has 3 heteroatoms. The van der Waals surface area contributed by atoms with Crippen molar-refractivity contribution in [2.75, 3.05) is 13.7 Å². The number of benzene rings is 1. The molecule has 0 radical (unpaired) electrons. The molecule has 0 saturated carbocycles. The van der Waals surface area contributed by atoms with Gasteiger partial charge in [-0.1, -0.05) is 18.2 Å². The Morgan fingerprint density at radius 3 is 2.89 bits per heavy atom. The Hall–Kier alpha value is -1.74. The highest BCUT2D eigenvalue weighted by atomic mass is 16.5. The molecule has 1 unspecified atom stereocenters. The Morgan fingerprint density at radius 1 is 1.26 bits per heavy atom. The van der Waals surface area contributed by atoms with E-state index in [-0.39, 0.29) is 6.04 Å². The van der Waals surface area contributed by atoms with Crippen molar-refractivity contribution in [3.05, 3.63) is 53.0 Å². The molecule has 0 amide bonds. The van der Waals surface area contributed by atoms with E-state index in [0.717, 1.165) is 42.1 Å². The molecule has 3 nitrogen and oxygen atoms in total. The molecule has 0 aliphatic carbocycles. The second kappa shape index (κ2) is 5.10. The van der Waals surface area contributed by atoms with Crippen LogP contribution in [0.5, 0.6) is 5.75 Å². The van der Waals surface area contributed by atoms with Gasteiger partial charge < -0.3 is 14.5 Å². The van der Waals surface area contributed by atoms with Crippen molar-refractivity contribution in [3.8, 4) is 5.75 Å². The standard InChI is InChI=1S/C16H19NO2/c1-11-8-10-19-15(11)14(17-2)13-7-3-5-12-6-4-9-18-16(12)13/h3,5,7-8,10,14,17H,4,6,9H2,1-2H3. The van der Waals surface area contributed by atoms with Gasteiger partial charge in [0, 0.05) is 5.56 Å². The molecule has 19 heavy (non-hydrogen) atoms. The molecule has 1 atom stereocenters. The maximum atomic E-state index is 5.89. The summed E-state index contributed by atoms with van der Waals surface area (Å²) in [6.07, 6.45) is 3.93. The Kier molecular flexibility index (Phi) is 3.30. The third-order valence-electron chi connectivity index (χ3n) is 3.73. The monoisotopic (exact) mass is 257 g/mol. The summed E-state index contributed by atoms with van der Waals surface area (Å²) in [5, 5.41) is 3.34. The summed E-state index contributed by atoms with van der Waals surface area (Å²) in [6.45, 7) is 2.87. The van der Waals surface area contributed by atoms with E-state index in [0.29, 0.717) is 0 Å². The zero-order valence-electron chi connectivity index (χ0n) is 11.4. The molecule has 1 N–H and O–H groups in total. The van der Waals surface area contributed by atoms with Gasteiger partial charge in [0.05, 0.1) is 18.9 Å². The molecule has 100 valence electrons. The van der Waals surface area contributed by atoms with Crippen LogP contribution in [0, 0.1) is 6.92 Å². The molecule has 3 rings (SSSR count). The van der Waals surface area contributed by atoms with Crippen LogP contribution in [0.25, 0.3) is 0 Å². The lowest BCUT2D eigenvalue weighted by atomic mass is 9.95. The van der Waals surface area contributed by atoms with E-state index < -0.39 is 0 Å². The first kappa shape index (κ1) is 12.3. The van der Waals surface area contributed by atoms with Crippen molar-refractivity contribution in [2.24, 2.45) is 0 Å². The minimum absolute atomic E-state index is 0.0445. The van der Waals surface area contributed by atoms with Gasteiger partial charge in [-0.3, -0.25) is 0 Å². The molecule has 0 saturated heterocycles. The number of para-hydroxylation sites is 1. The van der Waals surface area contributed by atoms with Crippen LogP contribution < -0.4 is 10.1 Å². The van der Waals surface area contributed by atoms with Gasteiger partial charge in [-0.05, 0) is 44.0 Å². The summed E-state index contributed by atoms with van der Waals surface area (Å²) in [6, 6.07) is 8.41. The molecular formula is C16H19NO2. The Morgan fingerprint density at radius 2 is 2.16 bits per heavy atom. The highest BCUT2D eigenvalue weighted by molar-refractivity contribution is 5.47. The van der Waals surface area contributed by atoms with Crippen molar-refractivity contribution in [2.45, 2.75) is 25.8 Å². The molecule has 1 aromatic carbocycles. The van der Waals surface area contributed by atoms with Crippen molar-refractivity contribution in [1.29, 1.82) is 0 Å². The van der Waals surface area contributed by atoms with E-state index in [1.807, 2.05) is 13.1 Å². The lowest BCUT2D eigenvalue weighted by molar-refractivity contribution is 0.282. The molecule has 0 bridgehead atoms. The summed E-state index contributed by atoms with van der Waals surface area (Å²) in [5.74, 6) is 1.99. The van der Waals surface area contributed by atoms with Gasteiger partial charge in [0.1, 0.15) is 11.5 Å². The first-order valence-corrected chi connectivity index (χ1v) is 6.77. The third-order valence-corrected chi connectivity index (χ3v) is 3.73. The van der Waals surface area contributed by atoms with Gasteiger partial charge in [0.2, 0.25) is 0 Å². The molecule has 0 spiro atoms. The predicted octanol–water partition coefficient (Wildman–Crippen LogP) is 3.22. The quantitative estimate of drug-likeness (QED) is 0.916. The average Bonchev–Trinajstić information content (AvgIpc) is 2.86. The molecule has 2 heterocycles. The van der Waals surface area contributed by atoms with Crippen LogP contribution in [-0.2, 0) is 6.42 Å². The first-order valence-electron chi connectivity index (χ1n) is 6.77. The van der Waals surface area contributed by atoms with Crippen LogP contribution in [0.2, 0.25) is 0 Å². The average molecular weight is 257 g/mol. The van der Waals surface area contributed by atoms with Crippen LogP contribution in [-0.4, -0.2) is 13.7 Å². The molecular weight excluding hydrogens is 238 g/mol. The lowest BCUT2D eigenvalue weighted by Gasteiger charge is -2.24. The molecule has 0 fully saturated rings. The van der Waals surface area contributed by atoms with E-state index >= 15 is 0 Å². The third kappa shape index (κ3) is 2.15. The minimum Gasteiger partial charge on any atom is -0.493 e. The van der Waals surface area contributed by atoms with Crippen molar-refractivity contribution >= 4 is 0 Å². The van der Waals surface area contributed by atoms with Gasteiger partial charge >= 0.3 is 0 Å². The largest absolute Gasteiger partial charge is 0.493 e. The van der Waals surface area contributed by atoms with Gasteiger partial charge in [-0.2, -0.15) is 0 Å². The summed E-state index contributed by atoms with van der Waals surface area (Å²) < 4.78 is 11.5. The molecule has 1 aliphatic rings. The van der Waals surface area contributed by atoms with Crippen LogP contribution in [0.1, 0.15) is 34.9 Å². The van der Waals surface area contributed by atoms with E-state index in [4.69, 9.17) is 9.15 Å². The fourth-order valence-corrected chi connectivity index (χ4v) is 2.75. The van der Waals surface area contributed by atoms with Crippen LogP contribution in [0.4, 0.5) is 0 Å². The van der Waals surface area contributed by atoms with Crippen molar-refractivity contribution in [1.82, 2.24) is 5.32 Å². The predicted molar refractivity (Wildman–Crippen MR) is 74.6 cm³/mol. The number of aryl methyl sites for hydroxylation is 2. The second-order valence-electron chi connectivity index (χ2n) is 4.98. The van der Waals surface area contributed by atoms with Gasteiger partial charge in [0.25, 0.3) is 0 Å². The Labute approximate surface area is 113 Å². The summed E-state index contributed by atoms with van der Waals surface area (Å²) in [4.78, 5) is 0.